The Morgan fingerprint density at radius 2 is 2.13 bits per heavy atom. The van der Waals surface area contributed by atoms with E-state index in [1.165, 1.54) is 5.57 Å². The first kappa shape index (κ1) is 11.2. The quantitative estimate of drug-likeness (QED) is 0.673. The standard InChI is InChI=1S/C13H22O2/c1-8-5-9(2)13(6-14)7-15-11(4)12(8)10(13)3/h5,9-12,14H,6-7H2,1-4H3/t9-,10+,11-,12-,13+/m1/s1. The van der Waals surface area contributed by atoms with Crippen molar-refractivity contribution in [2.75, 3.05) is 13.2 Å². The van der Waals surface area contributed by atoms with Gasteiger partial charge in [-0.25, -0.2) is 0 Å². The smallest absolute Gasteiger partial charge is 0.0615 e. The van der Waals surface area contributed by atoms with Crippen LogP contribution in [0.25, 0.3) is 0 Å². The highest BCUT2D eigenvalue weighted by Gasteiger charge is 2.51. The zero-order valence-corrected chi connectivity index (χ0v) is 10.2. The first-order chi connectivity index (χ1) is 7.03. The first-order valence-electron chi connectivity index (χ1n) is 5.93. The van der Waals surface area contributed by atoms with Crippen molar-refractivity contribution in [2.45, 2.75) is 33.8 Å². The van der Waals surface area contributed by atoms with Crippen molar-refractivity contribution in [3.8, 4) is 0 Å². The molecule has 0 amide bonds. The van der Waals surface area contributed by atoms with Crippen LogP contribution in [0.2, 0.25) is 0 Å². The van der Waals surface area contributed by atoms with Crippen molar-refractivity contribution in [2.24, 2.45) is 23.2 Å². The highest BCUT2D eigenvalue weighted by Crippen LogP contribution is 2.51. The number of rotatable bonds is 1. The minimum absolute atomic E-state index is 0.0450. The second kappa shape index (κ2) is 3.60. The summed E-state index contributed by atoms with van der Waals surface area (Å²) in [4.78, 5) is 0. The number of aliphatic hydroxyl groups excluding tert-OH is 1. The SMILES string of the molecule is CC1=C[C@@H](C)[C@]2(CO)CO[C@H](C)[C@H]1[C@@H]2C. The van der Waals surface area contributed by atoms with Crippen LogP contribution in [0.15, 0.2) is 11.6 Å². The number of hydrogen-bond donors (Lipinski definition) is 1. The van der Waals surface area contributed by atoms with E-state index < -0.39 is 0 Å². The Labute approximate surface area is 92.3 Å². The predicted molar refractivity (Wildman–Crippen MR) is 60.5 cm³/mol. The summed E-state index contributed by atoms with van der Waals surface area (Å²) >= 11 is 0. The summed E-state index contributed by atoms with van der Waals surface area (Å²) in [7, 11) is 0. The van der Waals surface area contributed by atoms with Gasteiger partial charge in [0.1, 0.15) is 0 Å². The summed E-state index contributed by atoms with van der Waals surface area (Å²) in [5.74, 6) is 1.43. The predicted octanol–water partition coefficient (Wildman–Crippen LogP) is 2.23. The molecular formula is C13H22O2. The number of allylic oxidation sites excluding steroid dienone is 1. The van der Waals surface area contributed by atoms with Gasteiger partial charge in [-0.05, 0) is 25.7 Å². The second-order valence-corrected chi connectivity index (χ2v) is 5.42. The third-order valence-electron chi connectivity index (χ3n) is 4.81. The van der Waals surface area contributed by atoms with E-state index in [1.807, 2.05) is 0 Å². The molecule has 0 aromatic heterocycles. The van der Waals surface area contributed by atoms with E-state index >= 15 is 0 Å². The molecule has 86 valence electrons. The normalized spacial score (nSPS) is 50.1. The number of aliphatic hydroxyl groups is 1. The van der Waals surface area contributed by atoms with Gasteiger partial charge in [-0.1, -0.05) is 25.5 Å². The highest BCUT2D eigenvalue weighted by atomic mass is 16.5. The summed E-state index contributed by atoms with van der Waals surface area (Å²) in [5, 5.41) is 9.70. The maximum absolute atomic E-state index is 9.70. The van der Waals surface area contributed by atoms with Crippen LogP contribution < -0.4 is 0 Å². The fourth-order valence-electron chi connectivity index (χ4n) is 3.60. The van der Waals surface area contributed by atoms with E-state index in [0.29, 0.717) is 30.5 Å². The topological polar surface area (TPSA) is 29.5 Å². The van der Waals surface area contributed by atoms with Crippen LogP contribution in [-0.4, -0.2) is 24.4 Å². The largest absolute Gasteiger partial charge is 0.396 e. The average molecular weight is 210 g/mol. The summed E-state index contributed by atoms with van der Waals surface area (Å²) in [5.41, 5.74) is 1.39. The van der Waals surface area contributed by atoms with Gasteiger partial charge in [0.25, 0.3) is 0 Å². The average Bonchev–Trinajstić information content (AvgIpc) is 2.17. The van der Waals surface area contributed by atoms with Crippen LogP contribution in [0.1, 0.15) is 27.7 Å². The maximum Gasteiger partial charge on any atom is 0.0615 e. The third-order valence-corrected chi connectivity index (χ3v) is 4.81. The molecule has 2 rings (SSSR count). The number of fused-ring (bicyclic) bond motifs is 2. The summed E-state index contributed by atoms with van der Waals surface area (Å²) in [6.07, 6.45) is 2.63. The van der Waals surface area contributed by atoms with Crippen LogP contribution in [-0.2, 0) is 4.74 Å². The lowest BCUT2D eigenvalue weighted by molar-refractivity contribution is -0.157. The van der Waals surface area contributed by atoms with Gasteiger partial charge >= 0.3 is 0 Å². The van der Waals surface area contributed by atoms with Gasteiger partial charge in [0.2, 0.25) is 0 Å². The van der Waals surface area contributed by atoms with Crippen molar-refractivity contribution < 1.29 is 9.84 Å². The molecule has 2 aliphatic rings. The van der Waals surface area contributed by atoms with Gasteiger partial charge in [0.05, 0.1) is 19.3 Å². The van der Waals surface area contributed by atoms with Gasteiger partial charge < -0.3 is 9.84 Å². The van der Waals surface area contributed by atoms with E-state index in [2.05, 4.69) is 33.8 Å². The van der Waals surface area contributed by atoms with Crippen LogP contribution in [0.5, 0.6) is 0 Å². The Kier molecular flexibility index (Phi) is 2.68. The Morgan fingerprint density at radius 1 is 1.47 bits per heavy atom. The monoisotopic (exact) mass is 210 g/mol. The molecule has 0 spiro atoms. The van der Waals surface area contributed by atoms with E-state index in [-0.39, 0.29) is 12.0 Å². The minimum atomic E-state index is -0.0450. The molecule has 1 aliphatic heterocycles. The lowest BCUT2D eigenvalue weighted by Crippen LogP contribution is -2.55. The molecule has 0 aromatic rings. The fraction of sp³-hybridized carbons (Fsp3) is 0.846. The molecule has 2 nitrogen and oxygen atoms in total. The van der Waals surface area contributed by atoms with Gasteiger partial charge in [-0.2, -0.15) is 0 Å². The Hall–Kier alpha value is -0.340. The number of hydrogen-bond acceptors (Lipinski definition) is 2. The van der Waals surface area contributed by atoms with E-state index in [4.69, 9.17) is 4.74 Å². The van der Waals surface area contributed by atoms with E-state index in [0.717, 1.165) is 0 Å². The van der Waals surface area contributed by atoms with Crippen LogP contribution >= 0.6 is 0 Å². The molecule has 5 atom stereocenters. The van der Waals surface area contributed by atoms with Crippen molar-refractivity contribution >= 4 is 0 Å². The molecule has 15 heavy (non-hydrogen) atoms. The lowest BCUT2D eigenvalue weighted by atomic mass is 9.56. The fourth-order valence-corrected chi connectivity index (χ4v) is 3.60. The summed E-state index contributed by atoms with van der Waals surface area (Å²) in [6.45, 7) is 9.76. The molecule has 0 saturated carbocycles. The van der Waals surface area contributed by atoms with E-state index in [1.54, 1.807) is 0 Å². The summed E-state index contributed by atoms with van der Waals surface area (Å²) in [6, 6.07) is 0. The Balaban J connectivity index is 2.43. The maximum atomic E-state index is 9.70. The van der Waals surface area contributed by atoms with Crippen molar-refractivity contribution in [1.82, 2.24) is 0 Å². The zero-order valence-electron chi connectivity index (χ0n) is 10.2. The van der Waals surface area contributed by atoms with Gasteiger partial charge in [0, 0.05) is 11.3 Å². The molecule has 1 fully saturated rings. The van der Waals surface area contributed by atoms with Gasteiger partial charge in [-0.3, -0.25) is 0 Å². The van der Waals surface area contributed by atoms with E-state index in [9.17, 15) is 5.11 Å². The molecule has 0 aromatic carbocycles. The Morgan fingerprint density at radius 3 is 2.73 bits per heavy atom. The molecule has 0 unspecified atom stereocenters. The van der Waals surface area contributed by atoms with Crippen molar-refractivity contribution in [3.63, 3.8) is 0 Å². The molecule has 1 saturated heterocycles. The lowest BCUT2D eigenvalue weighted by Gasteiger charge is -2.54. The van der Waals surface area contributed by atoms with Crippen molar-refractivity contribution in [1.29, 1.82) is 0 Å². The minimum Gasteiger partial charge on any atom is -0.396 e. The van der Waals surface area contributed by atoms with Crippen molar-refractivity contribution in [3.05, 3.63) is 11.6 Å². The third kappa shape index (κ3) is 1.38. The second-order valence-electron chi connectivity index (χ2n) is 5.42. The molecule has 2 heteroatoms. The molecule has 0 radical (unpaired) electrons. The molecule has 2 bridgehead atoms. The van der Waals surface area contributed by atoms with Gasteiger partial charge in [0.15, 0.2) is 0 Å². The molecular weight excluding hydrogens is 188 g/mol. The van der Waals surface area contributed by atoms with Crippen LogP contribution in [0.4, 0.5) is 0 Å². The van der Waals surface area contributed by atoms with Crippen LogP contribution in [0.3, 0.4) is 0 Å². The first-order valence-corrected chi connectivity index (χ1v) is 5.93. The Bertz CT molecular complexity index is 284. The zero-order chi connectivity index (χ0) is 11.2. The molecule has 1 heterocycles. The molecule has 1 aliphatic carbocycles. The van der Waals surface area contributed by atoms with Gasteiger partial charge in [-0.15, -0.1) is 0 Å². The van der Waals surface area contributed by atoms with Crippen LogP contribution in [0, 0.1) is 23.2 Å². The molecule has 1 N–H and O–H groups in total. The highest BCUT2D eigenvalue weighted by molar-refractivity contribution is 5.20. The number of ether oxygens (including phenoxy) is 1. The summed E-state index contributed by atoms with van der Waals surface area (Å²) < 4.78 is 5.85.